The van der Waals surface area contributed by atoms with Crippen LogP contribution in [0.1, 0.15) is 33.6 Å². The van der Waals surface area contributed by atoms with E-state index < -0.39 is 5.60 Å². The van der Waals surface area contributed by atoms with E-state index in [0.29, 0.717) is 48.4 Å². The Hall–Kier alpha value is -3.69. The van der Waals surface area contributed by atoms with Gasteiger partial charge in [0.2, 0.25) is 5.95 Å². The highest BCUT2D eigenvalue weighted by Gasteiger charge is 2.48. The quantitative estimate of drug-likeness (QED) is 0.167. The van der Waals surface area contributed by atoms with Crippen molar-refractivity contribution in [2.75, 3.05) is 55.0 Å². The predicted molar refractivity (Wildman–Crippen MR) is 173 cm³/mol. The van der Waals surface area contributed by atoms with Gasteiger partial charge in [0.05, 0.1) is 11.1 Å². The molecular formula is C30H37ClN7O4P. The Balaban J connectivity index is 1.26. The summed E-state index contributed by atoms with van der Waals surface area (Å²) in [6.45, 7) is 12.6. The summed E-state index contributed by atoms with van der Waals surface area (Å²) < 4.78 is 5.49. The van der Waals surface area contributed by atoms with Gasteiger partial charge in [-0.1, -0.05) is 37.7 Å². The van der Waals surface area contributed by atoms with Gasteiger partial charge in [0.1, 0.15) is 16.3 Å². The first kappa shape index (κ1) is 30.8. The number of benzene rings is 2. The van der Waals surface area contributed by atoms with E-state index in [4.69, 9.17) is 16.3 Å². The number of nitrogens with zero attached hydrogens (tertiary/aromatic N) is 5. The maximum atomic E-state index is 12.4. The summed E-state index contributed by atoms with van der Waals surface area (Å²) in [5, 5.41) is 20.1. The molecular weight excluding hydrogens is 589 g/mol. The summed E-state index contributed by atoms with van der Waals surface area (Å²) in [4.78, 5) is 36.8. The Labute approximate surface area is 257 Å². The molecule has 0 saturated carbocycles. The maximum Gasteiger partial charge on any atom is 0.410 e. The van der Waals surface area contributed by atoms with Crippen LogP contribution in [0.25, 0.3) is 0 Å². The number of likely N-dealkylation sites (tertiary alicyclic amines) is 1. The Morgan fingerprint density at radius 3 is 2.47 bits per heavy atom. The molecule has 1 aromatic heterocycles. The summed E-state index contributed by atoms with van der Waals surface area (Å²) >= 11 is 6.41. The molecule has 0 bridgehead atoms. The zero-order chi connectivity index (χ0) is 30.9. The van der Waals surface area contributed by atoms with Crippen molar-refractivity contribution in [3.05, 3.63) is 63.8 Å². The molecule has 2 aliphatic heterocycles. The SMILES string of the molecule is CP(C)c1ccccc1Nc1nc(Nc2ccc(N3CCC4(CC3)CN(C(=O)OC(C)(C)C)C4)c([N+](=O)[O-])c2)ncc1Cl. The van der Waals surface area contributed by atoms with Crippen LogP contribution in [-0.4, -0.2) is 71.0 Å². The number of carbonyl (C=O) groups excluding carboxylic acids is 1. The fourth-order valence-corrected chi connectivity index (χ4v) is 6.65. The fourth-order valence-electron chi connectivity index (χ4n) is 5.51. The molecule has 2 N–H and O–H groups in total. The normalized spacial score (nSPS) is 16.2. The molecule has 2 aromatic carbocycles. The molecule has 2 aliphatic rings. The van der Waals surface area contributed by atoms with Crippen LogP contribution < -0.4 is 20.8 Å². The number of nitro benzene ring substituents is 1. The first-order valence-electron chi connectivity index (χ1n) is 14.2. The lowest BCUT2D eigenvalue weighted by Crippen LogP contribution is -2.62. The first-order valence-corrected chi connectivity index (χ1v) is 16.8. The average Bonchev–Trinajstić information content (AvgIpc) is 2.93. The van der Waals surface area contributed by atoms with Crippen molar-refractivity contribution < 1.29 is 14.5 Å². The lowest BCUT2D eigenvalue weighted by Gasteiger charge is -2.53. The molecule has 11 nitrogen and oxygen atoms in total. The van der Waals surface area contributed by atoms with Crippen LogP contribution in [0.2, 0.25) is 5.02 Å². The summed E-state index contributed by atoms with van der Waals surface area (Å²) in [5.41, 5.74) is 1.51. The van der Waals surface area contributed by atoms with E-state index in [-0.39, 0.29) is 36.0 Å². The fraction of sp³-hybridized carbons (Fsp3) is 0.433. The van der Waals surface area contributed by atoms with E-state index >= 15 is 0 Å². The van der Waals surface area contributed by atoms with Crippen LogP contribution >= 0.6 is 19.5 Å². The van der Waals surface area contributed by atoms with Crippen LogP contribution in [0.5, 0.6) is 0 Å². The number of halogens is 1. The van der Waals surface area contributed by atoms with Crippen LogP contribution in [0, 0.1) is 15.5 Å². The van der Waals surface area contributed by atoms with Gasteiger partial charge in [-0.3, -0.25) is 10.1 Å². The maximum absolute atomic E-state index is 12.4. The second-order valence-corrected chi connectivity index (χ2v) is 15.0. The summed E-state index contributed by atoms with van der Waals surface area (Å²) in [6, 6.07) is 13.1. The molecule has 0 aliphatic carbocycles. The van der Waals surface area contributed by atoms with Gasteiger partial charge in [-0.25, -0.2) is 9.78 Å². The zero-order valence-electron chi connectivity index (χ0n) is 25.1. The largest absolute Gasteiger partial charge is 0.444 e. The van der Waals surface area contributed by atoms with E-state index in [1.807, 2.05) is 39.0 Å². The number of nitro groups is 1. The molecule has 0 radical (unpaired) electrons. The van der Waals surface area contributed by atoms with Crippen molar-refractivity contribution in [1.82, 2.24) is 14.9 Å². The number of anilines is 5. The molecule has 228 valence electrons. The van der Waals surface area contributed by atoms with E-state index in [9.17, 15) is 14.9 Å². The third kappa shape index (κ3) is 7.11. The second-order valence-electron chi connectivity index (χ2n) is 12.3. The third-order valence-electron chi connectivity index (χ3n) is 7.68. The molecule has 43 heavy (non-hydrogen) atoms. The van der Waals surface area contributed by atoms with E-state index in [0.717, 1.165) is 18.5 Å². The van der Waals surface area contributed by atoms with Gasteiger partial charge in [0, 0.05) is 49.0 Å². The van der Waals surface area contributed by atoms with Gasteiger partial charge in [-0.15, -0.1) is 0 Å². The van der Waals surface area contributed by atoms with Gasteiger partial charge in [0.15, 0.2) is 5.82 Å². The van der Waals surface area contributed by atoms with Gasteiger partial charge >= 0.3 is 6.09 Å². The number of amides is 1. The predicted octanol–water partition coefficient (Wildman–Crippen LogP) is 6.73. The zero-order valence-corrected chi connectivity index (χ0v) is 26.7. The molecule has 13 heteroatoms. The molecule has 1 spiro atoms. The standard InChI is InChI=1S/C30H37ClN7O4P/c1-29(2,3)42-28(39)37-18-30(19-37)12-14-36(15-13-30)23-11-10-20(16-24(23)38(40)41)33-27-32-17-21(31)26(35-27)34-22-8-6-7-9-25(22)43(4)5/h6-11,16-17H,12-15,18-19H2,1-5H3,(H2,32,33,34,35). The highest BCUT2D eigenvalue weighted by Crippen LogP contribution is 2.43. The van der Waals surface area contributed by atoms with Crippen molar-refractivity contribution in [2.45, 2.75) is 39.2 Å². The van der Waals surface area contributed by atoms with Crippen molar-refractivity contribution in [1.29, 1.82) is 0 Å². The lowest BCUT2D eigenvalue weighted by atomic mass is 9.72. The van der Waals surface area contributed by atoms with Crippen LogP contribution in [0.15, 0.2) is 48.7 Å². The van der Waals surface area contributed by atoms with Crippen molar-refractivity contribution >= 4 is 65.4 Å². The number of piperidine rings is 1. The highest BCUT2D eigenvalue weighted by atomic mass is 35.5. The summed E-state index contributed by atoms with van der Waals surface area (Å²) in [5.74, 6) is 0.708. The minimum absolute atomic E-state index is 0.00503. The molecule has 3 heterocycles. The molecule has 0 atom stereocenters. The second kappa shape index (κ2) is 12.1. The number of ether oxygens (including phenoxy) is 1. The van der Waals surface area contributed by atoms with Crippen molar-refractivity contribution in [3.63, 3.8) is 0 Å². The van der Waals surface area contributed by atoms with Crippen molar-refractivity contribution in [3.8, 4) is 0 Å². The first-order chi connectivity index (χ1) is 20.3. The van der Waals surface area contributed by atoms with Gasteiger partial charge in [-0.2, -0.15) is 4.98 Å². The minimum atomic E-state index is -0.525. The van der Waals surface area contributed by atoms with Crippen LogP contribution in [0.4, 0.5) is 39.3 Å². The smallest absolute Gasteiger partial charge is 0.410 e. The number of carbonyl (C=O) groups is 1. The van der Waals surface area contributed by atoms with Crippen LogP contribution in [0.3, 0.4) is 0 Å². The lowest BCUT2D eigenvalue weighted by molar-refractivity contribution is -0.384. The Bertz CT molecular complexity index is 1510. The van der Waals surface area contributed by atoms with Gasteiger partial charge < -0.3 is 25.2 Å². The summed E-state index contributed by atoms with van der Waals surface area (Å²) in [6.07, 6.45) is 2.91. The van der Waals surface area contributed by atoms with Gasteiger partial charge in [0.25, 0.3) is 5.69 Å². The van der Waals surface area contributed by atoms with E-state index in [2.05, 4.69) is 44.9 Å². The topological polar surface area (TPSA) is 126 Å². The number of nitrogens with one attached hydrogen (secondary N) is 2. The van der Waals surface area contributed by atoms with E-state index in [1.165, 1.54) is 17.6 Å². The van der Waals surface area contributed by atoms with Crippen LogP contribution in [-0.2, 0) is 4.74 Å². The Kier molecular flexibility index (Phi) is 8.68. The number of hydrogen-bond donors (Lipinski definition) is 2. The van der Waals surface area contributed by atoms with E-state index in [1.54, 1.807) is 17.0 Å². The Morgan fingerprint density at radius 2 is 1.81 bits per heavy atom. The number of rotatable bonds is 7. The number of para-hydroxylation sites is 1. The number of aromatic nitrogens is 2. The molecule has 5 rings (SSSR count). The third-order valence-corrected chi connectivity index (χ3v) is 9.31. The molecule has 2 fully saturated rings. The monoisotopic (exact) mass is 625 g/mol. The van der Waals surface area contributed by atoms with Crippen molar-refractivity contribution in [2.24, 2.45) is 5.41 Å². The average molecular weight is 626 g/mol. The van der Waals surface area contributed by atoms with Gasteiger partial charge in [-0.05, 0) is 70.4 Å². The molecule has 1 amide bonds. The molecule has 0 unspecified atom stereocenters. The number of hydrogen-bond acceptors (Lipinski definition) is 9. The summed E-state index contributed by atoms with van der Waals surface area (Å²) in [7, 11) is -0.354. The minimum Gasteiger partial charge on any atom is -0.444 e. The molecule has 2 saturated heterocycles. The Morgan fingerprint density at radius 1 is 1.12 bits per heavy atom. The highest BCUT2D eigenvalue weighted by molar-refractivity contribution is 7.64. The molecule has 3 aromatic rings.